The normalized spacial score (nSPS) is 10.7. The van der Waals surface area contributed by atoms with E-state index in [1.807, 2.05) is 31.2 Å². The third kappa shape index (κ3) is 2.23. The van der Waals surface area contributed by atoms with Crippen molar-refractivity contribution >= 4 is 28.2 Å². The Morgan fingerprint density at radius 3 is 3.00 bits per heavy atom. The molecule has 2 rings (SSSR count). The number of carbonyl (C=O) groups is 1. The van der Waals surface area contributed by atoms with Gasteiger partial charge in [-0.3, -0.25) is 4.79 Å². The van der Waals surface area contributed by atoms with E-state index in [0.717, 1.165) is 22.2 Å². The van der Waals surface area contributed by atoms with Gasteiger partial charge in [0.05, 0.1) is 5.52 Å². The zero-order valence-electron chi connectivity index (χ0n) is 8.69. The first-order valence-electron chi connectivity index (χ1n) is 5.16. The van der Waals surface area contributed by atoms with Crippen LogP contribution in [-0.2, 0) is 11.2 Å². The van der Waals surface area contributed by atoms with Gasteiger partial charge in [0.2, 0.25) is 0 Å². The molecule has 0 saturated carbocycles. The maximum atomic E-state index is 11.5. The van der Waals surface area contributed by atoms with Crippen LogP contribution in [0.5, 0.6) is 0 Å². The monoisotopic (exact) mass is 219 g/mol. The van der Waals surface area contributed by atoms with Crippen molar-refractivity contribution in [2.45, 2.75) is 26.2 Å². The standard InChI is InChI=1S/C12H13NOS/c1-2-5-9(14)8-12-10-6-3-4-7-11(10)13-15-12/h3-4,6-7H,2,5,8H2,1H3. The Labute approximate surface area is 93.1 Å². The number of hydrogen-bond acceptors (Lipinski definition) is 3. The molecule has 1 aromatic heterocycles. The molecule has 0 aliphatic heterocycles. The van der Waals surface area contributed by atoms with Crippen LogP contribution in [0.2, 0.25) is 0 Å². The van der Waals surface area contributed by atoms with E-state index < -0.39 is 0 Å². The van der Waals surface area contributed by atoms with Gasteiger partial charge in [-0.25, -0.2) is 0 Å². The smallest absolute Gasteiger partial charge is 0.138 e. The molecule has 0 aliphatic carbocycles. The molecule has 0 radical (unpaired) electrons. The summed E-state index contributed by atoms with van der Waals surface area (Å²) in [6, 6.07) is 7.98. The Hall–Kier alpha value is -1.22. The lowest BCUT2D eigenvalue weighted by Crippen LogP contribution is -2.00. The summed E-state index contributed by atoms with van der Waals surface area (Å²) in [6.07, 6.45) is 2.14. The van der Waals surface area contributed by atoms with Crippen LogP contribution in [0.3, 0.4) is 0 Å². The van der Waals surface area contributed by atoms with E-state index in [1.165, 1.54) is 11.5 Å². The molecule has 3 heteroatoms. The van der Waals surface area contributed by atoms with Crippen molar-refractivity contribution in [1.29, 1.82) is 0 Å². The highest BCUT2D eigenvalue weighted by molar-refractivity contribution is 7.07. The molecule has 2 aromatic rings. The van der Waals surface area contributed by atoms with E-state index in [-0.39, 0.29) is 0 Å². The van der Waals surface area contributed by atoms with Gasteiger partial charge >= 0.3 is 0 Å². The first kappa shape index (κ1) is 10.3. The van der Waals surface area contributed by atoms with Gasteiger partial charge in [-0.1, -0.05) is 25.1 Å². The number of Topliss-reactive ketones (excluding diaryl/α,β-unsaturated/α-hetero) is 1. The van der Waals surface area contributed by atoms with Gasteiger partial charge in [0.1, 0.15) is 5.78 Å². The second-order valence-corrected chi connectivity index (χ2v) is 4.45. The molecule has 78 valence electrons. The minimum absolute atomic E-state index is 0.312. The van der Waals surface area contributed by atoms with Crippen molar-refractivity contribution in [1.82, 2.24) is 4.37 Å². The fraction of sp³-hybridized carbons (Fsp3) is 0.333. The van der Waals surface area contributed by atoms with E-state index in [4.69, 9.17) is 0 Å². The molecule has 0 bridgehead atoms. The van der Waals surface area contributed by atoms with Crippen LogP contribution in [0.4, 0.5) is 0 Å². The van der Waals surface area contributed by atoms with Crippen molar-refractivity contribution in [3.05, 3.63) is 29.1 Å². The summed E-state index contributed by atoms with van der Waals surface area (Å²) in [7, 11) is 0. The molecule has 0 N–H and O–H groups in total. The summed E-state index contributed by atoms with van der Waals surface area (Å²) >= 11 is 1.45. The number of ketones is 1. The molecule has 0 aliphatic rings. The van der Waals surface area contributed by atoms with Crippen LogP contribution < -0.4 is 0 Å². The van der Waals surface area contributed by atoms with Gasteiger partial charge in [-0.05, 0) is 24.0 Å². The lowest BCUT2D eigenvalue weighted by atomic mass is 10.1. The van der Waals surface area contributed by atoms with Gasteiger partial charge in [-0.2, -0.15) is 4.37 Å². The van der Waals surface area contributed by atoms with Crippen LogP contribution in [0.1, 0.15) is 24.6 Å². The third-order valence-corrected chi connectivity index (χ3v) is 3.22. The molecule has 0 spiro atoms. The number of carbonyl (C=O) groups excluding carboxylic acids is 1. The van der Waals surface area contributed by atoms with Gasteiger partial charge < -0.3 is 0 Å². The minimum atomic E-state index is 0.312. The zero-order valence-corrected chi connectivity index (χ0v) is 9.51. The van der Waals surface area contributed by atoms with E-state index in [2.05, 4.69) is 4.37 Å². The number of nitrogens with zero attached hydrogens (tertiary/aromatic N) is 1. The highest BCUT2D eigenvalue weighted by Crippen LogP contribution is 2.22. The Morgan fingerprint density at radius 2 is 2.20 bits per heavy atom. The zero-order chi connectivity index (χ0) is 10.7. The van der Waals surface area contributed by atoms with Crippen molar-refractivity contribution < 1.29 is 4.79 Å². The summed E-state index contributed by atoms with van der Waals surface area (Å²) in [5, 5.41) is 1.13. The van der Waals surface area contributed by atoms with E-state index >= 15 is 0 Å². The van der Waals surface area contributed by atoms with E-state index in [0.29, 0.717) is 18.6 Å². The van der Waals surface area contributed by atoms with Crippen LogP contribution in [-0.4, -0.2) is 10.2 Å². The molecule has 1 heterocycles. The first-order chi connectivity index (χ1) is 7.31. The third-order valence-electron chi connectivity index (χ3n) is 2.35. The van der Waals surface area contributed by atoms with Gasteiger partial charge in [0.15, 0.2) is 0 Å². The highest BCUT2D eigenvalue weighted by Gasteiger charge is 2.09. The van der Waals surface area contributed by atoms with E-state index in [1.54, 1.807) is 0 Å². The molecular formula is C12H13NOS. The van der Waals surface area contributed by atoms with Crippen LogP contribution in [0.25, 0.3) is 10.9 Å². The Balaban J connectivity index is 2.25. The largest absolute Gasteiger partial charge is 0.299 e. The Morgan fingerprint density at radius 1 is 1.40 bits per heavy atom. The topological polar surface area (TPSA) is 30.0 Å². The molecule has 0 unspecified atom stereocenters. The summed E-state index contributed by atoms with van der Waals surface area (Å²) in [5.74, 6) is 0.312. The second kappa shape index (κ2) is 4.53. The number of hydrogen-bond donors (Lipinski definition) is 0. The average Bonchev–Trinajstić information content (AvgIpc) is 2.62. The average molecular weight is 219 g/mol. The summed E-state index contributed by atoms with van der Waals surface area (Å²) < 4.78 is 4.32. The maximum Gasteiger partial charge on any atom is 0.138 e. The van der Waals surface area contributed by atoms with E-state index in [9.17, 15) is 4.79 Å². The lowest BCUT2D eigenvalue weighted by Gasteiger charge is -1.96. The van der Waals surface area contributed by atoms with Crippen molar-refractivity contribution in [3.8, 4) is 0 Å². The quantitative estimate of drug-likeness (QED) is 0.790. The second-order valence-electron chi connectivity index (χ2n) is 3.59. The fourth-order valence-corrected chi connectivity index (χ4v) is 2.48. The minimum Gasteiger partial charge on any atom is -0.299 e. The SMILES string of the molecule is CCCC(=O)Cc1snc2ccccc12. The molecule has 0 saturated heterocycles. The molecule has 0 fully saturated rings. The van der Waals surface area contributed by atoms with Crippen LogP contribution in [0.15, 0.2) is 24.3 Å². The van der Waals surface area contributed by atoms with Gasteiger partial charge in [-0.15, -0.1) is 0 Å². The van der Waals surface area contributed by atoms with Gasteiger partial charge in [0.25, 0.3) is 0 Å². The molecule has 0 atom stereocenters. The number of aromatic nitrogens is 1. The fourth-order valence-electron chi connectivity index (χ4n) is 1.62. The molecule has 2 nitrogen and oxygen atoms in total. The molecule has 1 aromatic carbocycles. The summed E-state index contributed by atoms with van der Waals surface area (Å²) in [6.45, 7) is 2.03. The Kier molecular flexibility index (Phi) is 3.11. The van der Waals surface area contributed by atoms with Crippen LogP contribution in [0, 0.1) is 0 Å². The number of fused-ring (bicyclic) bond motifs is 1. The van der Waals surface area contributed by atoms with Crippen LogP contribution >= 0.6 is 11.5 Å². The molecule has 15 heavy (non-hydrogen) atoms. The predicted octanol–water partition coefficient (Wildman–Crippen LogP) is 3.21. The first-order valence-corrected chi connectivity index (χ1v) is 5.93. The molecular weight excluding hydrogens is 206 g/mol. The summed E-state index contributed by atoms with van der Waals surface area (Å²) in [5.41, 5.74) is 1.00. The Bertz CT molecular complexity index is 475. The van der Waals surface area contributed by atoms with Crippen molar-refractivity contribution in [2.75, 3.05) is 0 Å². The summed E-state index contributed by atoms with van der Waals surface area (Å²) in [4.78, 5) is 12.6. The number of rotatable bonds is 4. The lowest BCUT2D eigenvalue weighted by molar-refractivity contribution is -0.118. The maximum absolute atomic E-state index is 11.5. The molecule has 0 amide bonds. The predicted molar refractivity (Wildman–Crippen MR) is 63.2 cm³/mol. The van der Waals surface area contributed by atoms with Crippen molar-refractivity contribution in [3.63, 3.8) is 0 Å². The number of benzene rings is 1. The van der Waals surface area contributed by atoms with Crippen molar-refractivity contribution in [2.24, 2.45) is 0 Å². The van der Waals surface area contributed by atoms with Gasteiger partial charge in [0, 0.05) is 23.1 Å². The highest BCUT2D eigenvalue weighted by atomic mass is 32.1.